The van der Waals surface area contributed by atoms with Gasteiger partial charge >= 0.3 is 0 Å². The molecule has 0 bridgehead atoms. The minimum Gasteiger partial charge on any atom is -0.396 e. The molecule has 0 aromatic carbocycles. The van der Waals surface area contributed by atoms with Gasteiger partial charge in [0.2, 0.25) is 0 Å². The molecule has 0 aliphatic rings. The van der Waals surface area contributed by atoms with Gasteiger partial charge in [0, 0.05) is 32.0 Å². The van der Waals surface area contributed by atoms with Crippen molar-refractivity contribution >= 4 is 0 Å². The summed E-state index contributed by atoms with van der Waals surface area (Å²) in [6.45, 7) is 6.36. The average Bonchev–Trinajstić information content (AvgIpc) is 2.58. The van der Waals surface area contributed by atoms with Crippen molar-refractivity contribution in [1.29, 1.82) is 0 Å². The van der Waals surface area contributed by atoms with Gasteiger partial charge in [-0.25, -0.2) is 0 Å². The van der Waals surface area contributed by atoms with Gasteiger partial charge in [0.1, 0.15) is 0 Å². The summed E-state index contributed by atoms with van der Waals surface area (Å²) < 4.78 is 1.85. The van der Waals surface area contributed by atoms with Crippen molar-refractivity contribution in [1.82, 2.24) is 15.1 Å². The number of hydrogen-bond acceptors (Lipinski definition) is 3. The summed E-state index contributed by atoms with van der Waals surface area (Å²) in [4.78, 5) is 0. The quantitative estimate of drug-likeness (QED) is 0.725. The van der Waals surface area contributed by atoms with Crippen LogP contribution in [-0.2, 0) is 13.6 Å². The summed E-state index contributed by atoms with van der Waals surface area (Å²) in [6, 6.07) is 0. The molecule has 4 heteroatoms. The molecule has 1 rings (SSSR count). The Morgan fingerprint density at radius 1 is 1.47 bits per heavy atom. The van der Waals surface area contributed by atoms with Crippen LogP contribution >= 0.6 is 0 Å². The van der Waals surface area contributed by atoms with Gasteiger partial charge in [-0.2, -0.15) is 5.10 Å². The molecule has 0 aliphatic heterocycles. The fraction of sp³-hybridized carbons (Fsp3) is 0.769. The molecule has 2 N–H and O–H groups in total. The normalized spacial score (nSPS) is 12.9. The number of aliphatic hydroxyl groups is 1. The van der Waals surface area contributed by atoms with E-state index in [0.717, 1.165) is 25.2 Å². The zero-order valence-electron chi connectivity index (χ0n) is 11.2. The summed E-state index contributed by atoms with van der Waals surface area (Å²) in [5, 5.41) is 16.8. The van der Waals surface area contributed by atoms with Gasteiger partial charge in [0.25, 0.3) is 0 Å². The van der Waals surface area contributed by atoms with Gasteiger partial charge in [0.05, 0.1) is 5.69 Å². The number of aryl methyl sites for hydroxylation is 2. The Balaban J connectivity index is 2.32. The van der Waals surface area contributed by atoms with Crippen LogP contribution in [0.5, 0.6) is 0 Å². The van der Waals surface area contributed by atoms with Crippen molar-refractivity contribution in [3.05, 3.63) is 17.5 Å². The molecular formula is C13H25N3O. The van der Waals surface area contributed by atoms with E-state index in [4.69, 9.17) is 5.11 Å². The van der Waals surface area contributed by atoms with Crippen LogP contribution in [0.1, 0.15) is 37.4 Å². The Hall–Kier alpha value is -0.870. The van der Waals surface area contributed by atoms with E-state index < -0.39 is 0 Å². The first-order valence-electron chi connectivity index (χ1n) is 6.48. The second-order valence-corrected chi connectivity index (χ2v) is 4.71. The van der Waals surface area contributed by atoms with E-state index in [2.05, 4.69) is 23.5 Å². The maximum Gasteiger partial charge on any atom is 0.0638 e. The lowest BCUT2D eigenvalue weighted by molar-refractivity contribution is 0.248. The summed E-state index contributed by atoms with van der Waals surface area (Å²) in [7, 11) is 1.95. The Kier molecular flexibility index (Phi) is 6.22. The summed E-state index contributed by atoms with van der Waals surface area (Å²) in [6.07, 6.45) is 5.31. The SMILES string of the molecule is CCCC(CCO)CNCc1cn(C)nc1C. The molecule has 1 heterocycles. The Morgan fingerprint density at radius 2 is 2.24 bits per heavy atom. The highest BCUT2D eigenvalue weighted by molar-refractivity contribution is 5.14. The van der Waals surface area contributed by atoms with Crippen molar-refractivity contribution in [2.75, 3.05) is 13.2 Å². The molecule has 1 aromatic heterocycles. The number of rotatable bonds is 8. The molecule has 0 saturated heterocycles. The van der Waals surface area contributed by atoms with Crippen LogP contribution in [0, 0.1) is 12.8 Å². The van der Waals surface area contributed by atoms with Crippen molar-refractivity contribution < 1.29 is 5.11 Å². The van der Waals surface area contributed by atoms with E-state index >= 15 is 0 Å². The molecule has 0 radical (unpaired) electrons. The lowest BCUT2D eigenvalue weighted by Crippen LogP contribution is -2.23. The zero-order chi connectivity index (χ0) is 12.7. The number of aromatic nitrogens is 2. The van der Waals surface area contributed by atoms with E-state index in [9.17, 15) is 0 Å². The molecule has 0 fully saturated rings. The van der Waals surface area contributed by atoms with Crippen LogP contribution in [-0.4, -0.2) is 28.0 Å². The maximum atomic E-state index is 8.99. The minimum absolute atomic E-state index is 0.290. The van der Waals surface area contributed by atoms with Crippen LogP contribution < -0.4 is 5.32 Å². The van der Waals surface area contributed by atoms with E-state index in [1.54, 1.807) is 0 Å². The predicted molar refractivity (Wildman–Crippen MR) is 69.8 cm³/mol. The highest BCUT2D eigenvalue weighted by atomic mass is 16.3. The molecule has 98 valence electrons. The van der Waals surface area contributed by atoms with Gasteiger partial charge < -0.3 is 10.4 Å². The van der Waals surface area contributed by atoms with Gasteiger partial charge in [-0.3, -0.25) is 4.68 Å². The third-order valence-electron chi connectivity index (χ3n) is 3.10. The highest BCUT2D eigenvalue weighted by Gasteiger charge is 2.08. The zero-order valence-corrected chi connectivity index (χ0v) is 11.2. The number of nitrogens with zero attached hydrogens (tertiary/aromatic N) is 2. The fourth-order valence-corrected chi connectivity index (χ4v) is 2.17. The van der Waals surface area contributed by atoms with Gasteiger partial charge in [-0.05, 0) is 32.2 Å². The van der Waals surface area contributed by atoms with Gasteiger partial charge in [-0.1, -0.05) is 13.3 Å². The lowest BCUT2D eigenvalue weighted by atomic mass is 10.0. The van der Waals surface area contributed by atoms with Gasteiger partial charge in [0.15, 0.2) is 0 Å². The molecule has 4 nitrogen and oxygen atoms in total. The van der Waals surface area contributed by atoms with Crippen LogP contribution in [0.25, 0.3) is 0 Å². The summed E-state index contributed by atoms with van der Waals surface area (Å²) in [5.74, 6) is 0.585. The van der Waals surface area contributed by atoms with E-state index in [-0.39, 0.29) is 6.61 Å². The maximum absolute atomic E-state index is 8.99. The largest absolute Gasteiger partial charge is 0.396 e. The smallest absolute Gasteiger partial charge is 0.0638 e. The second-order valence-electron chi connectivity index (χ2n) is 4.71. The van der Waals surface area contributed by atoms with E-state index in [1.165, 1.54) is 18.4 Å². The molecule has 0 amide bonds. The molecular weight excluding hydrogens is 214 g/mol. The third kappa shape index (κ3) is 4.88. The third-order valence-corrected chi connectivity index (χ3v) is 3.10. The Bertz CT molecular complexity index is 316. The van der Waals surface area contributed by atoms with Crippen LogP contribution in [0.3, 0.4) is 0 Å². The summed E-state index contributed by atoms with van der Waals surface area (Å²) in [5.41, 5.74) is 2.35. The topological polar surface area (TPSA) is 50.1 Å². The first-order chi connectivity index (χ1) is 8.17. The van der Waals surface area contributed by atoms with E-state index in [0.29, 0.717) is 5.92 Å². The molecule has 17 heavy (non-hydrogen) atoms. The summed E-state index contributed by atoms with van der Waals surface area (Å²) >= 11 is 0. The Morgan fingerprint density at radius 3 is 2.76 bits per heavy atom. The molecule has 1 atom stereocenters. The Labute approximate surface area is 104 Å². The van der Waals surface area contributed by atoms with Crippen molar-refractivity contribution in [2.45, 2.75) is 39.7 Å². The average molecular weight is 239 g/mol. The molecule has 1 unspecified atom stereocenters. The van der Waals surface area contributed by atoms with Crippen LogP contribution in [0.15, 0.2) is 6.20 Å². The molecule has 0 spiro atoms. The van der Waals surface area contributed by atoms with Crippen molar-refractivity contribution in [3.63, 3.8) is 0 Å². The second kappa shape index (κ2) is 7.45. The van der Waals surface area contributed by atoms with Crippen molar-refractivity contribution in [3.8, 4) is 0 Å². The minimum atomic E-state index is 0.290. The number of hydrogen-bond donors (Lipinski definition) is 2. The van der Waals surface area contributed by atoms with Crippen LogP contribution in [0.2, 0.25) is 0 Å². The monoisotopic (exact) mass is 239 g/mol. The fourth-order valence-electron chi connectivity index (χ4n) is 2.17. The highest BCUT2D eigenvalue weighted by Crippen LogP contribution is 2.10. The first-order valence-corrected chi connectivity index (χ1v) is 6.48. The molecule has 0 aliphatic carbocycles. The van der Waals surface area contributed by atoms with Crippen LogP contribution in [0.4, 0.5) is 0 Å². The predicted octanol–water partition coefficient (Wildman–Crippen LogP) is 1.62. The lowest BCUT2D eigenvalue weighted by Gasteiger charge is -2.15. The molecule has 0 saturated carbocycles. The van der Waals surface area contributed by atoms with E-state index in [1.807, 2.05) is 18.7 Å². The van der Waals surface area contributed by atoms with Crippen molar-refractivity contribution in [2.24, 2.45) is 13.0 Å². The van der Waals surface area contributed by atoms with Gasteiger partial charge in [-0.15, -0.1) is 0 Å². The first kappa shape index (κ1) is 14.2. The number of nitrogens with one attached hydrogen (secondary N) is 1. The molecule has 1 aromatic rings. The number of aliphatic hydroxyl groups excluding tert-OH is 1. The standard InChI is InChI=1S/C13H25N3O/c1-4-5-12(6-7-17)8-14-9-13-10-16(3)15-11(13)2/h10,12,14,17H,4-9H2,1-3H3.